The van der Waals surface area contributed by atoms with Gasteiger partial charge in [0.25, 0.3) is 0 Å². The molecule has 0 saturated heterocycles. The number of esters is 1. The molecule has 176 valence electrons. The third kappa shape index (κ3) is 5.93. The lowest BCUT2D eigenvalue weighted by molar-refractivity contribution is -0.189. The average Bonchev–Trinajstić information content (AvgIpc) is 2.74. The molecule has 7 nitrogen and oxygen atoms in total. The van der Waals surface area contributed by atoms with Crippen LogP contribution in [-0.2, 0) is 4.79 Å². The maximum absolute atomic E-state index is 14.3. The number of halogens is 5. The van der Waals surface area contributed by atoms with Crippen molar-refractivity contribution in [2.75, 3.05) is 25.6 Å². The van der Waals surface area contributed by atoms with E-state index in [1.165, 1.54) is 31.4 Å². The van der Waals surface area contributed by atoms with E-state index in [9.17, 15) is 22.4 Å². The van der Waals surface area contributed by atoms with Crippen molar-refractivity contribution in [1.29, 1.82) is 0 Å². The maximum atomic E-state index is 14.3. The van der Waals surface area contributed by atoms with Crippen LogP contribution in [-0.4, -0.2) is 37.4 Å². The average molecular weight is 488 g/mol. The number of methoxy groups -OCH3 is 1. The summed E-state index contributed by atoms with van der Waals surface area (Å²) in [4.78, 5) is 15.3. The zero-order valence-electron chi connectivity index (χ0n) is 17.1. The number of alkyl halides is 3. The molecule has 0 radical (unpaired) electrons. The fourth-order valence-corrected chi connectivity index (χ4v) is 2.95. The van der Waals surface area contributed by atoms with Gasteiger partial charge in [-0.2, -0.15) is 13.2 Å². The van der Waals surface area contributed by atoms with Crippen LogP contribution in [0.25, 0.3) is 10.9 Å². The first kappa shape index (κ1) is 24.3. The molecule has 3 rings (SSSR count). The van der Waals surface area contributed by atoms with Gasteiger partial charge in [-0.1, -0.05) is 11.6 Å². The molecule has 12 heteroatoms. The summed E-state index contributed by atoms with van der Waals surface area (Å²) < 4.78 is 67.8. The van der Waals surface area contributed by atoms with E-state index in [0.717, 1.165) is 12.1 Å². The number of pyridine rings is 1. The van der Waals surface area contributed by atoms with E-state index in [4.69, 9.17) is 26.8 Å². The van der Waals surface area contributed by atoms with Crippen molar-refractivity contribution >= 4 is 39.8 Å². The molecule has 0 saturated carbocycles. The van der Waals surface area contributed by atoms with Crippen LogP contribution in [0.3, 0.4) is 0 Å². The summed E-state index contributed by atoms with van der Waals surface area (Å²) in [7, 11) is 1.40. The van der Waals surface area contributed by atoms with E-state index in [2.05, 4.69) is 15.0 Å². The normalized spacial score (nSPS) is 11.4. The first-order chi connectivity index (χ1) is 15.6. The Morgan fingerprint density at radius 1 is 1.15 bits per heavy atom. The molecule has 1 heterocycles. The van der Waals surface area contributed by atoms with Gasteiger partial charge in [-0.05, 0) is 37.2 Å². The summed E-state index contributed by atoms with van der Waals surface area (Å²) in [5.41, 5.74) is 5.63. The van der Waals surface area contributed by atoms with Crippen molar-refractivity contribution in [3.8, 4) is 17.4 Å². The number of anilines is 2. The molecule has 33 heavy (non-hydrogen) atoms. The highest BCUT2D eigenvalue weighted by Gasteiger charge is 2.41. The van der Waals surface area contributed by atoms with E-state index in [1.807, 2.05) is 0 Å². The minimum atomic E-state index is -5.23. The molecule has 0 bridgehead atoms. The minimum absolute atomic E-state index is 0.0257. The lowest BCUT2D eigenvalue weighted by Crippen LogP contribution is -2.28. The van der Waals surface area contributed by atoms with Crippen molar-refractivity contribution in [1.82, 2.24) is 4.98 Å². The number of rotatable bonds is 8. The van der Waals surface area contributed by atoms with Crippen LogP contribution in [0.15, 0.2) is 36.4 Å². The fourth-order valence-electron chi connectivity index (χ4n) is 2.79. The van der Waals surface area contributed by atoms with Gasteiger partial charge in [-0.3, -0.25) is 0 Å². The van der Waals surface area contributed by atoms with E-state index in [-0.39, 0.29) is 34.3 Å². The second-order valence-electron chi connectivity index (χ2n) is 6.66. The minimum Gasteiger partial charge on any atom is -0.493 e. The SMILES string of the molecule is COc1cc2c(Nc3ccc(Cl)cc3F)cc(OC(=O)C(F)(F)F)nc2cc1OCCCN. The molecule has 0 unspecified atom stereocenters. The topological polar surface area (TPSA) is 95.7 Å². The van der Waals surface area contributed by atoms with E-state index < -0.39 is 23.8 Å². The smallest absolute Gasteiger partial charge is 0.491 e. The Bertz CT molecular complexity index is 1170. The molecule has 3 aromatic rings. The zero-order chi connectivity index (χ0) is 24.2. The Kier molecular flexibility index (Phi) is 7.44. The largest absolute Gasteiger partial charge is 0.493 e. The molecule has 0 aliphatic carbocycles. The number of carbonyl (C=O) groups excluding carboxylic acids is 1. The van der Waals surface area contributed by atoms with Crippen molar-refractivity contribution in [3.05, 3.63) is 47.2 Å². The van der Waals surface area contributed by atoms with Crippen LogP contribution in [0.4, 0.5) is 28.9 Å². The predicted molar refractivity (Wildman–Crippen MR) is 114 cm³/mol. The van der Waals surface area contributed by atoms with Gasteiger partial charge in [0.2, 0.25) is 5.88 Å². The quantitative estimate of drug-likeness (QED) is 0.263. The summed E-state index contributed by atoms with van der Waals surface area (Å²) in [6.45, 7) is 0.634. The summed E-state index contributed by atoms with van der Waals surface area (Å²) in [6, 6.07) is 7.76. The molecule has 0 fully saturated rings. The number of benzene rings is 2. The Balaban J connectivity index is 2.12. The van der Waals surface area contributed by atoms with E-state index in [1.54, 1.807) is 0 Å². The molecule has 0 aliphatic rings. The molecular weight excluding hydrogens is 470 g/mol. The fraction of sp³-hybridized carbons (Fsp3) is 0.238. The van der Waals surface area contributed by atoms with Crippen molar-refractivity contribution in [2.45, 2.75) is 12.6 Å². The number of hydrogen-bond acceptors (Lipinski definition) is 7. The number of fused-ring (bicyclic) bond motifs is 1. The van der Waals surface area contributed by atoms with Gasteiger partial charge in [0.05, 0.1) is 30.6 Å². The number of nitrogens with one attached hydrogen (secondary N) is 1. The van der Waals surface area contributed by atoms with Crippen LogP contribution >= 0.6 is 11.6 Å². The Labute approximate surface area is 190 Å². The summed E-state index contributed by atoms with van der Waals surface area (Å²) in [6.07, 6.45) is -4.69. The molecule has 1 aromatic heterocycles. The van der Waals surface area contributed by atoms with Gasteiger partial charge in [-0.15, -0.1) is 0 Å². The van der Waals surface area contributed by atoms with Crippen molar-refractivity contribution in [2.24, 2.45) is 5.73 Å². The highest BCUT2D eigenvalue weighted by molar-refractivity contribution is 6.30. The predicted octanol–water partition coefficient (Wildman–Crippen LogP) is 4.97. The second-order valence-corrected chi connectivity index (χ2v) is 7.09. The van der Waals surface area contributed by atoms with E-state index >= 15 is 0 Å². The van der Waals surface area contributed by atoms with Crippen LogP contribution in [0.1, 0.15) is 6.42 Å². The standard InChI is InChI=1S/C21H18ClF4N3O4/c1-31-17-8-12-15(9-18(17)32-6-2-5-27)29-19(33-20(30)21(24,25)26)10-16(12)28-14-4-3-11(22)7-13(14)23/h3-4,7-10H,2,5-6,27H2,1H3,(H,28,29). The number of carbonyl (C=O) groups is 1. The number of hydrogen-bond donors (Lipinski definition) is 2. The lowest BCUT2D eigenvalue weighted by atomic mass is 10.1. The summed E-state index contributed by atoms with van der Waals surface area (Å²) >= 11 is 5.77. The number of nitrogens with two attached hydrogens (primary N) is 1. The van der Waals surface area contributed by atoms with Gasteiger partial charge < -0.3 is 25.3 Å². The molecule has 0 spiro atoms. The van der Waals surface area contributed by atoms with Crippen LogP contribution < -0.4 is 25.3 Å². The molecule has 2 aromatic carbocycles. The molecule has 0 atom stereocenters. The molecule has 0 aliphatic heterocycles. The van der Waals surface area contributed by atoms with Crippen LogP contribution in [0.5, 0.6) is 17.4 Å². The highest BCUT2D eigenvalue weighted by Crippen LogP contribution is 2.38. The second kappa shape index (κ2) is 10.1. The van der Waals surface area contributed by atoms with Crippen molar-refractivity contribution < 1.29 is 36.6 Å². The van der Waals surface area contributed by atoms with Crippen molar-refractivity contribution in [3.63, 3.8) is 0 Å². The Morgan fingerprint density at radius 3 is 2.55 bits per heavy atom. The molecule has 3 N–H and O–H groups in total. The van der Waals surface area contributed by atoms with Gasteiger partial charge in [-0.25, -0.2) is 14.2 Å². The van der Waals surface area contributed by atoms with Crippen LogP contribution in [0.2, 0.25) is 5.02 Å². The Hall–Kier alpha value is -3.31. The number of nitrogens with zero attached hydrogens (tertiary/aromatic N) is 1. The third-order valence-corrected chi connectivity index (χ3v) is 4.54. The zero-order valence-corrected chi connectivity index (χ0v) is 17.9. The van der Waals surface area contributed by atoms with Gasteiger partial charge in [0.15, 0.2) is 11.5 Å². The van der Waals surface area contributed by atoms with Gasteiger partial charge in [0.1, 0.15) is 5.82 Å². The first-order valence-electron chi connectivity index (χ1n) is 9.49. The van der Waals surface area contributed by atoms with E-state index in [0.29, 0.717) is 24.1 Å². The number of ether oxygens (including phenoxy) is 3. The Morgan fingerprint density at radius 2 is 1.91 bits per heavy atom. The van der Waals surface area contributed by atoms with Crippen LogP contribution in [0, 0.1) is 5.82 Å². The van der Waals surface area contributed by atoms with Gasteiger partial charge in [0, 0.05) is 22.5 Å². The van der Waals surface area contributed by atoms with Gasteiger partial charge >= 0.3 is 12.1 Å². The monoisotopic (exact) mass is 487 g/mol. The molecule has 0 amide bonds. The number of aromatic nitrogens is 1. The highest BCUT2D eigenvalue weighted by atomic mass is 35.5. The maximum Gasteiger partial charge on any atom is 0.491 e. The summed E-state index contributed by atoms with van der Waals surface area (Å²) in [5.74, 6) is -3.28. The lowest BCUT2D eigenvalue weighted by Gasteiger charge is -2.16. The molecular formula is C21H18ClF4N3O4. The third-order valence-electron chi connectivity index (χ3n) is 4.31. The summed E-state index contributed by atoms with van der Waals surface area (Å²) in [5, 5.41) is 3.24. The first-order valence-corrected chi connectivity index (χ1v) is 9.87.